The number of esters is 1. The molecule has 0 aromatic carbocycles. The first-order valence-electron chi connectivity index (χ1n) is 12.9. The maximum absolute atomic E-state index is 11.1. The lowest BCUT2D eigenvalue weighted by atomic mass is 10.0. The van der Waals surface area contributed by atoms with Gasteiger partial charge in [0.15, 0.2) is 0 Å². The summed E-state index contributed by atoms with van der Waals surface area (Å²) in [4.78, 5) is 11.1. The summed E-state index contributed by atoms with van der Waals surface area (Å²) in [5, 5.41) is 0. The third-order valence-electron chi connectivity index (χ3n) is 5.71. The first kappa shape index (κ1) is 29.7. The minimum absolute atomic E-state index is 0.211. The number of rotatable bonds is 22. The molecule has 0 aliphatic carbocycles. The van der Waals surface area contributed by atoms with Crippen LogP contribution in [0.5, 0.6) is 0 Å². The summed E-state index contributed by atoms with van der Waals surface area (Å²) in [5.74, 6) is -0.211. The minimum atomic E-state index is -1.32. The predicted molar refractivity (Wildman–Crippen MR) is 137 cm³/mol. The molecule has 0 aromatic heterocycles. The van der Waals surface area contributed by atoms with Gasteiger partial charge in [0.25, 0.3) is 0 Å². The molecule has 4 heteroatoms. The fraction of sp³-hybridized carbons (Fsp3) is 0.885. The van der Waals surface area contributed by atoms with Crippen LogP contribution in [0.1, 0.15) is 122 Å². The molecule has 0 saturated heterocycles. The van der Waals surface area contributed by atoms with Crippen LogP contribution < -0.4 is 0 Å². The third kappa shape index (κ3) is 25.8. The van der Waals surface area contributed by atoms with Gasteiger partial charge in [-0.05, 0) is 19.4 Å². The van der Waals surface area contributed by atoms with Gasteiger partial charge in [0.2, 0.25) is 0 Å². The third-order valence-corrected chi connectivity index (χ3v) is 7.82. The van der Waals surface area contributed by atoms with E-state index in [1.54, 1.807) is 6.08 Å². The maximum atomic E-state index is 11.1. The summed E-state index contributed by atoms with van der Waals surface area (Å²) in [6.07, 6.45) is 27.7. The van der Waals surface area contributed by atoms with Crippen molar-refractivity contribution < 1.29 is 9.53 Å². The molecule has 0 heterocycles. The molecular formula is C26H51ClO2Si. The van der Waals surface area contributed by atoms with E-state index in [4.69, 9.17) is 15.8 Å². The normalized spacial score (nSPS) is 12.0. The number of carbonyl (C=O) groups excluding carboxylic acids is 1. The zero-order valence-electron chi connectivity index (χ0n) is 20.5. The highest BCUT2D eigenvalue weighted by molar-refractivity contribution is 7.19. The van der Waals surface area contributed by atoms with Crippen LogP contribution in [-0.2, 0) is 9.53 Å². The van der Waals surface area contributed by atoms with E-state index < -0.39 is 7.38 Å². The van der Waals surface area contributed by atoms with Crippen LogP contribution in [0.15, 0.2) is 12.2 Å². The molecule has 0 radical (unpaired) electrons. The van der Waals surface area contributed by atoms with E-state index in [1.807, 2.05) is 6.92 Å². The molecule has 0 aromatic rings. The van der Waals surface area contributed by atoms with Gasteiger partial charge in [0, 0.05) is 6.08 Å². The van der Waals surface area contributed by atoms with Crippen LogP contribution in [0.25, 0.3) is 0 Å². The smallest absolute Gasteiger partial charge is 0.330 e. The lowest BCUT2D eigenvalue weighted by Crippen LogP contribution is -2.14. The standard InChI is InChI=1S/C26H51ClO2Si/c1-4-23-26(28)29-24-21-19-17-15-13-11-9-7-5-6-8-10-12-14-16-18-20-22-25-30(2,3)27/h4,23H,5-22,24-25H2,1-3H3. The zero-order chi connectivity index (χ0) is 22.3. The number of unbranched alkanes of at least 4 members (excludes halogenated alkanes) is 17. The van der Waals surface area contributed by atoms with Gasteiger partial charge >= 0.3 is 5.97 Å². The van der Waals surface area contributed by atoms with Crippen molar-refractivity contribution in [2.24, 2.45) is 0 Å². The summed E-state index contributed by atoms with van der Waals surface area (Å²) < 4.78 is 5.10. The quantitative estimate of drug-likeness (QED) is 0.0530. The second-order valence-electron chi connectivity index (χ2n) is 9.50. The summed E-state index contributed by atoms with van der Waals surface area (Å²) in [6, 6.07) is 1.28. The zero-order valence-corrected chi connectivity index (χ0v) is 22.2. The van der Waals surface area contributed by atoms with E-state index >= 15 is 0 Å². The Balaban J connectivity index is 3.09. The minimum Gasteiger partial charge on any atom is -0.463 e. The molecule has 2 nitrogen and oxygen atoms in total. The van der Waals surface area contributed by atoms with Crippen LogP contribution >= 0.6 is 11.1 Å². The Morgan fingerprint density at radius 2 is 1.00 bits per heavy atom. The van der Waals surface area contributed by atoms with E-state index in [-0.39, 0.29) is 5.97 Å². The first-order valence-corrected chi connectivity index (χ1v) is 17.2. The lowest BCUT2D eigenvalue weighted by Gasteiger charge is -2.11. The molecule has 0 fully saturated rings. The molecule has 178 valence electrons. The van der Waals surface area contributed by atoms with Crippen LogP contribution in [0.4, 0.5) is 0 Å². The molecule has 0 atom stereocenters. The molecule has 0 rings (SSSR count). The van der Waals surface area contributed by atoms with E-state index in [0.717, 1.165) is 6.42 Å². The fourth-order valence-corrected chi connectivity index (χ4v) is 5.32. The Bertz CT molecular complexity index is 404. The van der Waals surface area contributed by atoms with Gasteiger partial charge in [0.1, 0.15) is 7.38 Å². The Kier molecular flexibility index (Phi) is 21.7. The molecule has 0 N–H and O–H groups in total. The van der Waals surface area contributed by atoms with Crippen molar-refractivity contribution in [2.75, 3.05) is 6.61 Å². The monoisotopic (exact) mass is 458 g/mol. The van der Waals surface area contributed by atoms with Crippen LogP contribution in [0.2, 0.25) is 19.1 Å². The Hall–Kier alpha value is -0.283. The maximum Gasteiger partial charge on any atom is 0.330 e. The highest BCUT2D eigenvalue weighted by Crippen LogP contribution is 2.19. The first-order chi connectivity index (χ1) is 14.5. The van der Waals surface area contributed by atoms with Crippen LogP contribution in [0, 0.1) is 0 Å². The SMILES string of the molecule is CC=CC(=O)OCCCCCCCCCCCCCCCCCCCC[Si](C)(C)Cl. The number of allylic oxidation sites excluding steroid dienone is 1. The molecule has 0 aliphatic heterocycles. The molecular weight excluding hydrogens is 408 g/mol. The molecule has 0 amide bonds. The number of hydrogen-bond donors (Lipinski definition) is 0. The second-order valence-corrected chi connectivity index (χ2v) is 16.5. The topological polar surface area (TPSA) is 26.3 Å². The highest BCUT2D eigenvalue weighted by atomic mass is 35.6. The number of carbonyl (C=O) groups is 1. The number of halogens is 1. The van der Waals surface area contributed by atoms with Crippen molar-refractivity contribution >= 4 is 24.4 Å². The summed E-state index contributed by atoms with van der Waals surface area (Å²) >= 11 is 6.36. The van der Waals surface area contributed by atoms with E-state index in [2.05, 4.69) is 13.1 Å². The highest BCUT2D eigenvalue weighted by Gasteiger charge is 2.15. The van der Waals surface area contributed by atoms with Crippen molar-refractivity contribution in [1.82, 2.24) is 0 Å². The van der Waals surface area contributed by atoms with Gasteiger partial charge in [-0.2, -0.15) is 11.1 Å². The van der Waals surface area contributed by atoms with Gasteiger partial charge in [-0.25, -0.2) is 4.79 Å². The fourth-order valence-electron chi connectivity index (χ4n) is 3.83. The predicted octanol–water partition coefficient (Wildman–Crippen LogP) is 9.57. The van der Waals surface area contributed by atoms with Crippen molar-refractivity contribution in [1.29, 1.82) is 0 Å². The van der Waals surface area contributed by atoms with E-state index in [9.17, 15) is 4.79 Å². The van der Waals surface area contributed by atoms with Crippen molar-refractivity contribution in [3.8, 4) is 0 Å². The summed E-state index contributed by atoms with van der Waals surface area (Å²) in [7, 11) is -1.32. The van der Waals surface area contributed by atoms with Crippen LogP contribution in [-0.4, -0.2) is 20.0 Å². The molecule has 30 heavy (non-hydrogen) atoms. The average Bonchev–Trinajstić information content (AvgIpc) is 2.68. The molecule has 0 unspecified atom stereocenters. The van der Waals surface area contributed by atoms with Gasteiger partial charge in [-0.3, -0.25) is 0 Å². The van der Waals surface area contributed by atoms with Gasteiger partial charge in [0.05, 0.1) is 6.61 Å². The molecule has 0 aliphatic rings. The largest absolute Gasteiger partial charge is 0.463 e. The van der Waals surface area contributed by atoms with Crippen molar-refractivity contribution in [3.05, 3.63) is 12.2 Å². The Morgan fingerprint density at radius 1 is 0.667 bits per heavy atom. The van der Waals surface area contributed by atoms with Crippen molar-refractivity contribution in [3.63, 3.8) is 0 Å². The van der Waals surface area contributed by atoms with Gasteiger partial charge in [-0.1, -0.05) is 128 Å². The van der Waals surface area contributed by atoms with Crippen molar-refractivity contribution in [2.45, 2.75) is 142 Å². The number of hydrogen-bond acceptors (Lipinski definition) is 2. The van der Waals surface area contributed by atoms with E-state index in [0.29, 0.717) is 6.61 Å². The molecule has 0 saturated carbocycles. The van der Waals surface area contributed by atoms with Crippen LogP contribution in [0.3, 0.4) is 0 Å². The Labute approximate surface area is 194 Å². The number of ether oxygens (including phenoxy) is 1. The summed E-state index contributed by atoms with van der Waals surface area (Å²) in [5.41, 5.74) is 0. The molecule has 0 bridgehead atoms. The second kappa shape index (κ2) is 21.9. The molecule has 0 spiro atoms. The summed E-state index contributed by atoms with van der Waals surface area (Å²) in [6.45, 7) is 6.91. The van der Waals surface area contributed by atoms with Gasteiger partial charge in [-0.15, -0.1) is 0 Å². The van der Waals surface area contributed by atoms with Gasteiger partial charge < -0.3 is 4.74 Å². The Morgan fingerprint density at radius 3 is 1.33 bits per heavy atom. The lowest BCUT2D eigenvalue weighted by molar-refractivity contribution is -0.137. The van der Waals surface area contributed by atoms with E-state index in [1.165, 1.54) is 121 Å². The average molecular weight is 459 g/mol.